The lowest BCUT2D eigenvalue weighted by atomic mass is 9.90. The van der Waals surface area contributed by atoms with Crippen LogP contribution in [0.5, 0.6) is 0 Å². The first-order valence-corrected chi connectivity index (χ1v) is 12.4. The Morgan fingerprint density at radius 3 is 2.38 bits per heavy atom. The molecule has 0 atom stereocenters. The zero-order valence-corrected chi connectivity index (χ0v) is 20.6. The van der Waals surface area contributed by atoms with Crippen LogP contribution in [0.2, 0.25) is 0 Å². The molecule has 2 fully saturated rings. The number of benzene rings is 1. The number of likely N-dealkylation sites (tertiary alicyclic amines) is 1. The number of amides is 2. The highest BCUT2D eigenvalue weighted by atomic mass is 16.2. The van der Waals surface area contributed by atoms with Crippen molar-refractivity contribution in [2.45, 2.75) is 40.0 Å². The summed E-state index contributed by atoms with van der Waals surface area (Å²) >= 11 is 0. The monoisotopic (exact) mass is 463 g/mol. The minimum Gasteiger partial charge on any atom is -0.353 e. The Morgan fingerprint density at radius 1 is 1.06 bits per heavy atom. The van der Waals surface area contributed by atoms with E-state index in [4.69, 9.17) is 0 Å². The van der Waals surface area contributed by atoms with Crippen molar-refractivity contribution in [3.8, 4) is 0 Å². The fourth-order valence-electron chi connectivity index (χ4n) is 4.59. The highest BCUT2D eigenvalue weighted by molar-refractivity contribution is 6.01. The number of hydrogen-bond donors (Lipinski definition) is 2. The molecule has 7 nitrogen and oxygen atoms in total. The fourth-order valence-corrected chi connectivity index (χ4v) is 4.59. The summed E-state index contributed by atoms with van der Waals surface area (Å²) in [6, 6.07) is 12.4. The van der Waals surface area contributed by atoms with Gasteiger partial charge in [-0.05, 0) is 36.8 Å². The zero-order chi connectivity index (χ0) is 24.1. The van der Waals surface area contributed by atoms with Gasteiger partial charge < -0.3 is 20.4 Å². The number of carbonyl (C=O) groups excluding carboxylic acids is 2. The molecule has 4 rings (SSSR count). The van der Waals surface area contributed by atoms with Gasteiger partial charge in [0.25, 0.3) is 5.91 Å². The molecule has 2 aliphatic rings. The van der Waals surface area contributed by atoms with Gasteiger partial charge in [0.2, 0.25) is 5.91 Å². The number of piperazine rings is 1. The van der Waals surface area contributed by atoms with Gasteiger partial charge in [-0.15, -0.1) is 0 Å². The van der Waals surface area contributed by atoms with E-state index in [1.54, 1.807) is 6.20 Å². The third kappa shape index (κ3) is 5.95. The Hall–Kier alpha value is -2.93. The fraction of sp³-hybridized carbons (Fsp3) is 0.519. The molecule has 7 heteroatoms. The summed E-state index contributed by atoms with van der Waals surface area (Å²) in [5.74, 6) is 1.22. The summed E-state index contributed by atoms with van der Waals surface area (Å²) in [5, 5.41) is 6.30. The summed E-state index contributed by atoms with van der Waals surface area (Å²) in [6.45, 7) is 10.4. The summed E-state index contributed by atoms with van der Waals surface area (Å²) in [7, 11) is 0. The van der Waals surface area contributed by atoms with Gasteiger partial charge in [0, 0.05) is 44.7 Å². The smallest absolute Gasteiger partial charge is 0.257 e. The molecule has 3 heterocycles. The molecule has 2 N–H and O–H groups in total. The number of nitrogens with one attached hydrogen (secondary N) is 2. The van der Waals surface area contributed by atoms with Crippen LogP contribution in [-0.2, 0) is 11.2 Å². The number of rotatable bonds is 5. The van der Waals surface area contributed by atoms with Gasteiger partial charge in [0.05, 0.1) is 17.4 Å². The number of hydrogen-bond acceptors (Lipinski definition) is 5. The molecule has 34 heavy (non-hydrogen) atoms. The average molecular weight is 464 g/mol. The third-order valence-electron chi connectivity index (χ3n) is 6.72. The molecule has 2 amide bonds. The predicted octanol–water partition coefficient (Wildman–Crippen LogP) is 3.57. The van der Waals surface area contributed by atoms with Gasteiger partial charge in [-0.2, -0.15) is 0 Å². The van der Waals surface area contributed by atoms with Crippen molar-refractivity contribution in [1.82, 2.24) is 15.2 Å². The molecular weight excluding hydrogens is 426 g/mol. The second kappa shape index (κ2) is 10.6. The molecular formula is C27H37N5O2. The van der Waals surface area contributed by atoms with Crippen molar-refractivity contribution in [3.05, 3.63) is 53.7 Å². The van der Waals surface area contributed by atoms with Crippen LogP contribution in [0.1, 0.15) is 49.5 Å². The van der Waals surface area contributed by atoms with E-state index >= 15 is 0 Å². The quantitative estimate of drug-likeness (QED) is 0.709. The number of piperidine rings is 1. The molecule has 0 spiro atoms. The molecule has 2 aromatic rings. The van der Waals surface area contributed by atoms with Crippen molar-refractivity contribution in [3.63, 3.8) is 0 Å². The van der Waals surface area contributed by atoms with E-state index < -0.39 is 5.41 Å². The molecule has 1 aromatic carbocycles. The Bertz CT molecular complexity index is 988. The lowest BCUT2D eigenvalue weighted by Gasteiger charge is -2.34. The van der Waals surface area contributed by atoms with E-state index in [0.717, 1.165) is 58.5 Å². The number of anilines is 2. The lowest BCUT2D eigenvalue weighted by Crippen LogP contribution is -2.45. The normalized spacial score (nSPS) is 17.5. The Morgan fingerprint density at radius 2 is 1.74 bits per heavy atom. The first-order chi connectivity index (χ1) is 16.3. The largest absolute Gasteiger partial charge is 0.353 e. The molecule has 0 bridgehead atoms. The second-order valence-corrected chi connectivity index (χ2v) is 10.5. The van der Waals surface area contributed by atoms with Gasteiger partial charge in [-0.25, -0.2) is 4.98 Å². The average Bonchev–Trinajstić information content (AvgIpc) is 2.84. The van der Waals surface area contributed by atoms with Crippen LogP contribution in [0.3, 0.4) is 0 Å². The minimum absolute atomic E-state index is 0.00560. The van der Waals surface area contributed by atoms with Crippen LogP contribution in [0.15, 0.2) is 42.6 Å². The Kier molecular flexibility index (Phi) is 7.51. The maximum absolute atomic E-state index is 13.7. The van der Waals surface area contributed by atoms with E-state index in [2.05, 4.69) is 44.8 Å². The van der Waals surface area contributed by atoms with E-state index in [-0.39, 0.29) is 11.8 Å². The van der Waals surface area contributed by atoms with E-state index in [1.165, 1.54) is 5.56 Å². The van der Waals surface area contributed by atoms with Crippen LogP contribution in [0.4, 0.5) is 11.5 Å². The first-order valence-electron chi connectivity index (χ1n) is 12.4. The molecule has 182 valence electrons. The topological polar surface area (TPSA) is 77.6 Å². The molecule has 0 saturated carbocycles. The highest BCUT2D eigenvalue weighted by Crippen LogP contribution is 2.28. The highest BCUT2D eigenvalue weighted by Gasteiger charge is 2.29. The first kappa shape index (κ1) is 24.2. The summed E-state index contributed by atoms with van der Waals surface area (Å²) in [5.41, 5.74) is 1.98. The molecule has 1 aromatic heterocycles. The van der Waals surface area contributed by atoms with Crippen molar-refractivity contribution < 1.29 is 9.59 Å². The van der Waals surface area contributed by atoms with Gasteiger partial charge in [0.15, 0.2) is 0 Å². The van der Waals surface area contributed by atoms with Crippen LogP contribution in [0.25, 0.3) is 0 Å². The standard InChI is InChI=1S/C27H37N5O2/c1-27(2,3)26(34)30-22-18-23(24(29-19-22)31-15-11-28-12-16-31)25(33)32-13-9-21(10-14-32)17-20-7-5-4-6-8-20/h4-8,18-19,21,28H,9-17H2,1-3H3,(H,30,34). The van der Waals surface area contributed by atoms with Gasteiger partial charge >= 0.3 is 0 Å². The Balaban J connectivity index is 1.50. The molecule has 0 unspecified atom stereocenters. The zero-order valence-electron chi connectivity index (χ0n) is 20.6. The maximum atomic E-state index is 13.7. The summed E-state index contributed by atoms with van der Waals surface area (Å²) < 4.78 is 0. The molecule has 2 saturated heterocycles. The summed E-state index contributed by atoms with van der Waals surface area (Å²) in [6.07, 6.45) is 4.73. The minimum atomic E-state index is -0.526. The number of aromatic nitrogens is 1. The third-order valence-corrected chi connectivity index (χ3v) is 6.72. The molecule has 0 radical (unpaired) electrons. The van der Waals surface area contributed by atoms with Crippen LogP contribution in [-0.4, -0.2) is 61.0 Å². The predicted molar refractivity (Wildman–Crippen MR) is 136 cm³/mol. The molecule has 0 aliphatic carbocycles. The van der Waals surface area contributed by atoms with E-state index in [0.29, 0.717) is 23.0 Å². The second-order valence-electron chi connectivity index (χ2n) is 10.5. The van der Waals surface area contributed by atoms with Gasteiger partial charge in [-0.1, -0.05) is 51.1 Å². The molecule has 2 aliphatic heterocycles. The Labute approximate surface area is 202 Å². The van der Waals surface area contributed by atoms with Gasteiger partial charge in [0.1, 0.15) is 5.82 Å². The lowest BCUT2D eigenvalue weighted by molar-refractivity contribution is -0.123. The summed E-state index contributed by atoms with van der Waals surface area (Å²) in [4.78, 5) is 35.0. The van der Waals surface area contributed by atoms with E-state index in [1.807, 2.05) is 37.8 Å². The van der Waals surface area contributed by atoms with Crippen molar-refractivity contribution >= 4 is 23.3 Å². The maximum Gasteiger partial charge on any atom is 0.257 e. The SMILES string of the molecule is CC(C)(C)C(=O)Nc1cnc(N2CCNCC2)c(C(=O)N2CCC(Cc3ccccc3)CC2)c1. The van der Waals surface area contributed by atoms with Crippen molar-refractivity contribution in [1.29, 1.82) is 0 Å². The number of pyridine rings is 1. The van der Waals surface area contributed by atoms with Crippen LogP contribution >= 0.6 is 0 Å². The van der Waals surface area contributed by atoms with Gasteiger partial charge in [-0.3, -0.25) is 9.59 Å². The van der Waals surface area contributed by atoms with Crippen molar-refractivity contribution in [2.75, 3.05) is 49.5 Å². The number of nitrogens with zero attached hydrogens (tertiary/aromatic N) is 3. The van der Waals surface area contributed by atoms with Crippen molar-refractivity contribution in [2.24, 2.45) is 11.3 Å². The van der Waals surface area contributed by atoms with Crippen LogP contribution < -0.4 is 15.5 Å². The van der Waals surface area contributed by atoms with E-state index in [9.17, 15) is 9.59 Å². The number of carbonyl (C=O) groups is 2. The van der Waals surface area contributed by atoms with Crippen LogP contribution in [0, 0.1) is 11.3 Å².